The number of thiophene rings is 1. The van der Waals surface area contributed by atoms with E-state index < -0.39 is 0 Å². The van der Waals surface area contributed by atoms with Crippen LogP contribution in [-0.4, -0.2) is 0 Å². The van der Waals surface area contributed by atoms with Gasteiger partial charge in [0.05, 0.1) is 0 Å². The van der Waals surface area contributed by atoms with E-state index in [2.05, 4.69) is 146 Å². The fourth-order valence-corrected chi connectivity index (χ4v) is 7.96. The number of benzene rings is 8. The van der Waals surface area contributed by atoms with Crippen LogP contribution in [0.15, 0.2) is 146 Å². The second kappa shape index (κ2) is 8.76. The molecular weight excluding hydrogens is 513 g/mol. The summed E-state index contributed by atoms with van der Waals surface area (Å²) >= 11 is 1.94. The Hall–Kier alpha value is -4.98. The fourth-order valence-electron chi connectivity index (χ4n) is 6.60. The van der Waals surface area contributed by atoms with Crippen LogP contribution in [0.25, 0.3) is 85.5 Å². The van der Waals surface area contributed by atoms with E-state index in [1.54, 1.807) is 0 Å². The Morgan fingerprint density at radius 2 is 0.634 bits per heavy atom. The van der Waals surface area contributed by atoms with E-state index in [0.717, 1.165) is 0 Å². The van der Waals surface area contributed by atoms with Crippen LogP contribution in [0.4, 0.5) is 0 Å². The first-order chi connectivity index (χ1) is 20.3. The Bertz CT molecular complexity index is 2280. The average Bonchev–Trinajstić information content (AvgIpc) is 3.44. The van der Waals surface area contributed by atoms with Gasteiger partial charge in [-0.05, 0) is 66.7 Å². The highest BCUT2D eigenvalue weighted by molar-refractivity contribution is 7.27. The van der Waals surface area contributed by atoms with Gasteiger partial charge in [0.15, 0.2) is 0 Å². The Kier molecular flexibility index (Phi) is 4.87. The zero-order valence-corrected chi connectivity index (χ0v) is 23.1. The van der Waals surface area contributed by atoms with E-state index in [1.807, 2.05) is 11.3 Å². The van der Waals surface area contributed by atoms with Crippen LogP contribution in [0.3, 0.4) is 0 Å². The monoisotopic (exact) mass is 536 g/mol. The summed E-state index contributed by atoms with van der Waals surface area (Å²) in [6.45, 7) is 0. The molecule has 9 aromatic rings. The SMILES string of the molecule is c1ccc(-c2ccc3c(ccc4c3ccc3c5ccc6c7ccc(-c8ccccc8)cc7ccc6c5sc43)c2)cc1. The molecule has 1 heterocycles. The van der Waals surface area contributed by atoms with Crippen LogP contribution in [0.2, 0.25) is 0 Å². The molecule has 0 unspecified atom stereocenters. The van der Waals surface area contributed by atoms with Gasteiger partial charge < -0.3 is 0 Å². The topological polar surface area (TPSA) is 0 Å². The number of hydrogen-bond donors (Lipinski definition) is 0. The van der Waals surface area contributed by atoms with Crippen molar-refractivity contribution < 1.29 is 0 Å². The van der Waals surface area contributed by atoms with Gasteiger partial charge in [0.1, 0.15) is 0 Å². The minimum atomic E-state index is 1.25. The minimum absolute atomic E-state index is 1.25. The standard InChI is InChI=1S/C40H24S/c1-3-7-25(8-4-1)27-11-15-31-29(23-27)13-17-35-33(31)19-21-37-38-22-20-34-32-16-12-28(26-9-5-2-6-10-26)24-30(32)14-18-36(34)40(38)41-39(35)37/h1-24H. The fraction of sp³-hybridized carbons (Fsp3) is 0. The maximum Gasteiger partial charge on any atom is 0.0434 e. The lowest BCUT2D eigenvalue weighted by molar-refractivity contribution is 1.65. The quantitative estimate of drug-likeness (QED) is 0.193. The van der Waals surface area contributed by atoms with Gasteiger partial charge in [-0.1, -0.05) is 133 Å². The highest BCUT2D eigenvalue weighted by atomic mass is 32.1. The van der Waals surface area contributed by atoms with Gasteiger partial charge in [-0.25, -0.2) is 0 Å². The predicted octanol–water partition coefficient (Wildman–Crippen LogP) is 12.0. The summed E-state index contributed by atoms with van der Waals surface area (Å²) in [6, 6.07) is 53.6. The minimum Gasteiger partial charge on any atom is -0.134 e. The van der Waals surface area contributed by atoms with Crippen molar-refractivity contribution in [2.75, 3.05) is 0 Å². The summed E-state index contributed by atoms with van der Waals surface area (Å²) in [5.74, 6) is 0. The maximum absolute atomic E-state index is 2.33. The molecule has 190 valence electrons. The molecule has 0 saturated heterocycles. The third kappa shape index (κ3) is 3.46. The molecule has 0 fully saturated rings. The normalized spacial score (nSPS) is 11.9. The van der Waals surface area contributed by atoms with Crippen LogP contribution < -0.4 is 0 Å². The molecule has 8 aromatic carbocycles. The molecule has 1 aromatic heterocycles. The van der Waals surface area contributed by atoms with Crippen LogP contribution in [-0.2, 0) is 0 Å². The van der Waals surface area contributed by atoms with Crippen molar-refractivity contribution in [1.82, 2.24) is 0 Å². The molecule has 41 heavy (non-hydrogen) atoms. The first-order valence-electron chi connectivity index (χ1n) is 14.1. The second-order valence-electron chi connectivity index (χ2n) is 10.9. The maximum atomic E-state index is 2.33. The Morgan fingerprint density at radius 3 is 1.10 bits per heavy atom. The van der Waals surface area contributed by atoms with E-state index in [9.17, 15) is 0 Å². The van der Waals surface area contributed by atoms with Gasteiger partial charge in [-0.15, -0.1) is 11.3 Å². The van der Waals surface area contributed by atoms with E-state index >= 15 is 0 Å². The first kappa shape index (κ1) is 22.8. The lowest BCUT2D eigenvalue weighted by Crippen LogP contribution is -1.82. The Morgan fingerprint density at radius 1 is 0.268 bits per heavy atom. The van der Waals surface area contributed by atoms with Crippen LogP contribution in [0.5, 0.6) is 0 Å². The van der Waals surface area contributed by atoms with Crippen molar-refractivity contribution in [2.45, 2.75) is 0 Å². The molecule has 0 nitrogen and oxygen atoms in total. The highest BCUT2D eigenvalue weighted by Crippen LogP contribution is 2.44. The second-order valence-corrected chi connectivity index (χ2v) is 11.9. The van der Waals surface area contributed by atoms with Crippen molar-refractivity contribution >= 4 is 74.6 Å². The van der Waals surface area contributed by atoms with Crippen LogP contribution in [0.1, 0.15) is 0 Å². The summed E-state index contributed by atoms with van der Waals surface area (Å²) < 4.78 is 2.75. The number of fused-ring (bicyclic) bond motifs is 11. The Labute approximate surface area is 241 Å². The summed E-state index contributed by atoms with van der Waals surface area (Å²) in [4.78, 5) is 0. The molecule has 0 radical (unpaired) electrons. The van der Waals surface area contributed by atoms with E-state index in [0.29, 0.717) is 0 Å². The largest absolute Gasteiger partial charge is 0.134 e. The van der Waals surface area contributed by atoms with Gasteiger partial charge in [0.2, 0.25) is 0 Å². The molecule has 0 aliphatic heterocycles. The van der Waals surface area contributed by atoms with Gasteiger partial charge in [-0.3, -0.25) is 0 Å². The van der Waals surface area contributed by atoms with Crippen LogP contribution in [0, 0.1) is 0 Å². The first-order valence-corrected chi connectivity index (χ1v) is 14.9. The molecular formula is C40H24S. The molecule has 1 heteroatoms. The molecule has 0 spiro atoms. The van der Waals surface area contributed by atoms with Crippen LogP contribution >= 0.6 is 11.3 Å². The van der Waals surface area contributed by atoms with Crippen molar-refractivity contribution in [1.29, 1.82) is 0 Å². The third-order valence-electron chi connectivity index (χ3n) is 8.64. The van der Waals surface area contributed by atoms with Crippen molar-refractivity contribution in [3.8, 4) is 22.3 Å². The van der Waals surface area contributed by atoms with E-state index in [1.165, 1.54) is 85.5 Å². The van der Waals surface area contributed by atoms with E-state index in [-0.39, 0.29) is 0 Å². The molecule has 0 aliphatic rings. The average molecular weight is 537 g/mol. The molecule has 0 N–H and O–H groups in total. The van der Waals surface area contributed by atoms with Crippen molar-refractivity contribution in [3.05, 3.63) is 146 Å². The van der Waals surface area contributed by atoms with Crippen molar-refractivity contribution in [3.63, 3.8) is 0 Å². The molecule has 0 saturated carbocycles. The molecule has 0 atom stereocenters. The lowest BCUT2D eigenvalue weighted by atomic mass is 9.95. The smallest absolute Gasteiger partial charge is 0.0434 e. The van der Waals surface area contributed by atoms with Gasteiger partial charge in [0, 0.05) is 30.9 Å². The van der Waals surface area contributed by atoms with Gasteiger partial charge in [-0.2, -0.15) is 0 Å². The van der Waals surface area contributed by atoms with E-state index in [4.69, 9.17) is 0 Å². The number of rotatable bonds is 2. The summed E-state index contributed by atoms with van der Waals surface area (Å²) in [7, 11) is 0. The molecule has 0 aliphatic carbocycles. The molecule has 0 bridgehead atoms. The summed E-state index contributed by atoms with van der Waals surface area (Å²) in [5.41, 5.74) is 5.03. The molecule has 0 amide bonds. The van der Waals surface area contributed by atoms with Gasteiger partial charge in [0.25, 0.3) is 0 Å². The predicted molar refractivity (Wildman–Crippen MR) is 180 cm³/mol. The summed E-state index contributed by atoms with van der Waals surface area (Å²) in [5, 5.41) is 13.2. The molecule has 9 rings (SSSR count). The van der Waals surface area contributed by atoms with Crippen molar-refractivity contribution in [2.24, 2.45) is 0 Å². The lowest BCUT2D eigenvalue weighted by Gasteiger charge is -2.08. The zero-order valence-electron chi connectivity index (χ0n) is 22.3. The third-order valence-corrected chi connectivity index (χ3v) is 9.93. The Balaban J connectivity index is 1.24. The summed E-state index contributed by atoms with van der Waals surface area (Å²) in [6.07, 6.45) is 0. The van der Waals surface area contributed by atoms with Gasteiger partial charge >= 0.3 is 0 Å². The zero-order chi connectivity index (χ0) is 26.9. The number of hydrogen-bond acceptors (Lipinski definition) is 1. The highest BCUT2D eigenvalue weighted by Gasteiger charge is 2.14.